The topological polar surface area (TPSA) is 12.0 Å². The summed E-state index contributed by atoms with van der Waals surface area (Å²) in [5, 5.41) is 3.27. The zero-order valence-corrected chi connectivity index (χ0v) is 7.96. The molecule has 0 bridgehead atoms. The first kappa shape index (κ1) is 8.60. The van der Waals surface area contributed by atoms with Crippen molar-refractivity contribution < 1.29 is 4.48 Å². The minimum absolute atomic E-state index is 0.668. The van der Waals surface area contributed by atoms with E-state index in [4.69, 9.17) is 0 Å². The SMILES string of the molecule is CC(C)[N+]1(C(C)C)C=CNC1. The fourth-order valence-electron chi connectivity index (χ4n) is 1.76. The van der Waals surface area contributed by atoms with E-state index in [0.717, 1.165) is 11.2 Å². The van der Waals surface area contributed by atoms with Gasteiger partial charge >= 0.3 is 0 Å². The highest BCUT2D eigenvalue weighted by Gasteiger charge is 2.34. The Labute approximate surface area is 69.5 Å². The van der Waals surface area contributed by atoms with E-state index in [-0.39, 0.29) is 0 Å². The molecule has 0 aromatic rings. The van der Waals surface area contributed by atoms with E-state index in [0.29, 0.717) is 12.1 Å². The van der Waals surface area contributed by atoms with Crippen molar-refractivity contribution in [2.75, 3.05) is 6.67 Å². The third-order valence-electron chi connectivity index (χ3n) is 2.76. The highest BCUT2D eigenvalue weighted by Crippen LogP contribution is 2.21. The monoisotopic (exact) mass is 155 g/mol. The molecule has 1 rings (SSSR count). The lowest BCUT2D eigenvalue weighted by molar-refractivity contribution is -0.917. The van der Waals surface area contributed by atoms with Gasteiger partial charge in [0.05, 0.1) is 18.3 Å². The molecule has 0 aromatic heterocycles. The molecule has 64 valence electrons. The Balaban J connectivity index is 2.80. The van der Waals surface area contributed by atoms with Crippen molar-refractivity contribution in [2.24, 2.45) is 0 Å². The number of nitrogens with one attached hydrogen (secondary N) is 1. The second kappa shape index (κ2) is 2.86. The molecular weight excluding hydrogens is 136 g/mol. The van der Waals surface area contributed by atoms with E-state index in [1.807, 2.05) is 0 Å². The van der Waals surface area contributed by atoms with Crippen molar-refractivity contribution in [3.05, 3.63) is 12.4 Å². The molecule has 0 fully saturated rings. The molecule has 0 saturated heterocycles. The molecule has 0 spiro atoms. The van der Waals surface area contributed by atoms with Crippen LogP contribution in [0.1, 0.15) is 27.7 Å². The van der Waals surface area contributed by atoms with Gasteiger partial charge in [0.2, 0.25) is 0 Å². The maximum Gasteiger partial charge on any atom is 0.156 e. The van der Waals surface area contributed by atoms with E-state index in [1.165, 1.54) is 0 Å². The molecule has 2 heteroatoms. The van der Waals surface area contributed by atoms with Gasteiger partial charge in [0.15, 0.2) is 6.67 Å². The van der Waals surface area contributed by atoms with Crippen molar-refractivity contribution in [1.29, 1.82) is 0 Å². The van der Waals surface area contributed by atoms with Gasteiger partial charge in [-0.3, -0.25) is 4.48 Å². The molecule has 1 N–H and O–H groups in total. The second-order valence-electron chi connectivity index (χ2n) is 3.86. The summed E-state index contributed by atoms with van der Waals surface area (Å²) in [6.07, 6.45) is 4.34. The fraction of sp³-hybridized carbons (Fsp3) is 0.778. The molecular formula is C9H19N2+. The van der Waals surface area contributed by atoms with Gasteiger partial charge in [-0.25, -0.2) is 0 Å². The van der Waals surface area contributed by atoms with Crippen LogP contribution in [0.5, 0.6) is 0 Å². The molecule has 0 aliphatic carbocycles. The Hall–Kier alpha value is -0.500. The quantitative estimate of drug-likeness (QED) is 0.598. The largest absolute Gasteiger partial charge is 0.340 e. The molecule has 1 aliphatic heterocycles. The predicted molar refractivity (Wildman–Crippen MR) is 47.7 cm³/mol. The van der Waals surface area contributed by atoms with Crippen LogP contribution in [0, 0.1) is 0 Å². The highest BCUT2D eigenvalue weighted by molar-refractivity contribution is 4.80. The molecule has 2 nitrogen and oxygen atoms in total. The van der Waals surface area contributed by atoms with Gasteiger partial charge < -0.3 is 5.32 Å². The van der Waals surface area contributed by atoms with Gasteiger partial charge in [-0.05, 0) is 27.7 Å². The number of nitrogens with zero attached hydrogens (tertiary/aromatic N) is 1. The highest BCUT2D eigenvalue weighted by atomic mass is 15.5. The summed E-state index contributed by atoms with van der Waals surface area (Å²) < 4.78 is 1.07. The molecule has 11 heavy (non-hydrogen) atoms. The minimum atomic E-state index is 0.668. The van der Waals surface area contributed by atoms with Gasteiger partial charge in [0.1, 0.15) is 6.20 Å². The van der Waals surface area contributed by atoms with Crippen LogP contribution in [0.25, 0.3) is 0 Å². The molecule has 0 unspecified atom stereocenters. The van der Waals surface area contributed by atoms with Crippen molar-refractivity contribution in [3.8, 4) is 0 Å². The normalized spacial score (nSPS) is 21.3. The van der Waals surface area contributed by atoms with Gasteiger partial charge in [-0.1, -0.05) is 0 Å². The van der Waals surface area contributed by atoms with Crippen LogP contribution in [0.4, 0.5) is 0 Å². The van der Waals surface area contributed by atoms with E-state index in [2.05, 4.69) is 45.4 Å². The molecule has 1 aliphatic rings. The van der Waals surface area contributed by atoms with E-state index >= 15 is 0 Å². The molecule has 1 heterocycles. The Morgan fingerprint density at radius 3 is 1.91 bits per heavy atom. The van der Waals surface area contributed by atoms with Crippen LogP contribution in [0.15, 0.2) is 12.4 Å². The lowest BCUT2D eigenvalue weighted by atomic mass is 10.2. The van der Waals surface area contributed by atoms with E-state index < -0.39 is 0 Å². The first-order chi connectivity index (χ1) is 5.09. The van der Waals surface area contributed by atoms with Gasteiger partial charge in [0, 0.05) is 0 Å². The Kier molecular flexibility index (Phi) is 2.23. The third-order valence-corrected chi connectivity index (χ3v) is 2.76. The average Bonchev–Trinajstić information content (AvgIpc) is 2.34. The maximum atomic E-state index is 3.27. The minimum Gasteiger partial charge on any atom is -0.340 e. The van der Waals surface area contributed by atoms with Crippen molar-refractivity contribution in [1.82, 2.24) is 5.32 Å². The summed E-state index contributed by atoms with van der Waals surface area (Å²) in [4.78, 5) is 0. The van der Waals surface area contributed by atoms with Crippen LogP contribution < -0.4 is 5.32 Å². The second-order valence-corrected chi connectivity index (χ2v) is 3.86. The predicted octanol–water partition coefficient (Wildman–Crippen LogP) is 1.65. The standard InChI is InChI=1S/C9H19N2/c1-8(2)11(9(3)4)6-5-10-7-11/h5-6,8-10H,7H2,1-4H3/q+1. The zero-order chi connectivity index (χ0) is 8.48. The zero-order valence-electron chi connectivity index (χ0n) is 7.96. The van der Waals surface area contributed by atoms with Gasteiger partial charge in [0.25, 0.3) is 0 Å². The Bertz CT molecular complexity index is 151. The van der Waals surface area contributed by atoms with Crippen LogP contribution in [-0.4, -0.2) is 23.2 Å². The Morgan fingerprint density at radius 1 is 1.18 bits per heavy atom. The van der Waals surface area contributed by atoms with Crippen LogP contribution >= 0.6 is 0 Å². The first-order valence-electron chi connectivity index (χ1n) is 4.38. The van der Waals surface area contributed by atoms with Crippen LogP contribution in [0.3, 0.4) is 0 Å². The summed E-state index contributed by atoms with van der Waals surface area (Å²) >= 11 is 0. The first-order valence-corrected chi connectivity index (χ1v) is 4.38. The summed E-state index contributed by atoms with van der Waals surface area (Å²) in [6, 6.07) is 1.34. The van der Waals surface area contributed by atoms with E-state index in [9.17, 15) is 0 Å². The number of hydrogen-bond donors (Lipinski definition) is 1. The van der Waals surface area contributed by atoms with Crippen LogP contribution in [0.2, 0.25) is 0 Å². The molecule has 0 saturated carbocycles. The average molecular weight is 155 g/mol. The third kappa shape index (κ3) is 1.27. The molecule has 0 atom stereocenters. The Morgan fingerprint density at radius 2 is 1.73 bits per heavy atom. The van der Waals surface area contributed by atoms with Crippen molar-refractivity contribution in [2.45, 2.75) is 39.8 Å². The summed E-state index contributed by atoms with van der Waals surface area (Å²) in [7, 11) is 0. The van der Waals surface area contributed by atoms with Gasteiger partial charge in [-0.2, -0.15) is 0 Å². The smallest absolute Gasteiger partial charge is 0.156 e. The fourth-order valence-corrected chi connectivity index (χ4v) is 1.76. The van der Waals surface area contributed by atoms with Crippen LogP contribution in [-0.2, 0) is 0 Å². The number of rotatable bonds is 2. The molecule has 0 aromatic carbocycles. The molecule has 0 radical (unpaired) electrons. The van der Waals surface area contributed by atoms with Gasteiger partial charge in [-0.15, -0.1) is 0 Å². The maximum absolute atomic E-state index is 3.27. The lowest BCUT2D eigenvalue weighted by Gasteiger charge is -2.39. The summed E-state index contributed by atoms with van der Waals surface area (Å²) in [5.74, 6) is 0. The summed E-state index contributed by atoms with van der Waals surface area (Å²) in [5.41, 5.74) is 0. The van der Waals surface area contributed by atoms with Crippen molar-refractivity contribution >= 4 is 0 Å². The van der Waals surface area contributed by atoms with Crippen molar-refractivity contribution in [3.63, 3.8) is 0 Å². The van der Waals surface area contributed by atoms with E-state index in [1.54, 1.807) is 0 Å². The number of hydrogen-bond acceptors (Lipinski definition) is 1. The number of quaternary nitrogens is 1. The molecule has 0 amide bonds. The lowest BCUT2D eigenvalue weighted by Crippen LogP contribution is -2.53. The summed E-state index contributed by atoms with van der Waals surface area (Å²) in [6.45, 7) is 10.2.